The minimum atomic E-state index is -0.692. The summed E-state index contributed by atoms with van der Waals surface area (Å²) in [5.41, 5.74) is 4.39. The van der Waals surface area contributed by atoms with E-state index in [0.717, 1.165) is 11.4 Å². The number of nitrogens with one attached hydrogen (secondary N) is 1. The fraction of sp³-hybridized carbons (Fsp3) is 0.263. The van der Waals surface area contributed by atoms with Gasteiger partial charge in [-0.2, -0.15) is 10.2 Å². The Bertz CT molecular complexity index is 999. The molecule has 0 unspecified atom stereocenters. The van der Waals surface area contributed by atoms with Crippen LogP contribution in [-0.2, 0) is 11.8 Å². The smallest absolute Gasteiger partial charge is 0.297 e. The van der Waals surface area contributed by atoms with Gasteiger partial charge in [-0.1, -0.05) is 18.2 Å². The number of hydrogen-bond acceptors (Lipinski definition) is 4. The van der Waals surface area contributed by atoms with E-state index >= 15 is 0 Å². The third-order valence-corrected chi connectivity index (χ3v) is 4.47. The summed E-state index contributed by atoms with van der Waals surface area (Å²) in [6.07, 6.45) is 0. The van der Waals surface area contributed by atoms with Gasteiger partial charge < -0.3 is 5.32 Å². The molecule has 0 bridgehead atoms. The summed E-state index contributed by atoms with van der Waals surface area (Å²) in [5, 5.41) is 11.4. The fourth-order valence-electron chi connectivity index (χ4n) is 3.03. The molecule has 0 aliphatic carbocycles. The van der Waals surface area contributed by atoms with Crippen molar-refractivity contribution in [3.05, 3.63) is 58.7 Å². The Balaban J connectivity index is 1.91. The van der Waals surface area contributed by atoms with E-state index < -0.39 is 11.7 Å². The fourth-order valence-corrected chi connectivity index (χ4v) is 3.03. The van der Waals surface area contributed by atoms with Crippen molar-refractivity contribution in [2.24, 2.45) is 7.05 Å². The van der Waals surface area contributed by atoms with Crippen LogP contribution in [0.3, 0.4) is 0 Å². The first-order valence-corrected chi connectivity index (χ1v) is 8.28. The molecule has 0 spiro atoms. The molecule has 7 nitrogen and oxygen atoms in total. The number of amides is 1. The molecule has 134 valence electrons. The number of aryl methyl sites for hydroxylation is 3. The topological polar surface area (TPSA) is 81.8 Å². The average Bonchev–Trinajstić information content (AvgIpc) is 3.04. The number of carbonyl (C=O) groups excluding carboxylic acids is 2. The number of carbonyl (C=O) groups is 2. The molecular weight excluding hydrogens is 330 g/mol. The maximum atomic E-state index is 12.6. The van der Waals surface area contributed by atoms with Crippen molar-refractivity contribution >= 4 is 17.4 Å². The van der Waals surface area contributed by atoms with Crippen molar-refractivity contribution in [1.82, 2.24) is 19.6 Å². The van der Waals surface area contributed by atoms with Crippen LogP contribution in [-0.4, -0.2) is 31.3 Å². The Morgan fingerprint density at radius 3 is 2.15 bits per heavy atom. The van der Waals surface area contributed by atoms with E-state index in [-0.39, 0.29) is 0 Å². The lowest BCUT2D eigenvalue weighted by Gasteiger charge is -2.07. The van der Waals surface area contributed by atoms with Crippen LogP contribution in [0.25, 0.3) is 5.69 Å². The lowest BCUT2D eigenvalue weighted by molar-refractivity contribution is -0.112. The number of para-hydroxylation sites is 1. The van der Waals surface area contributed by atoms with Gasteiger partial charge in [0, 0.05) is 12.7 Å². The summed E-state index contributed by atoms with van der Waals surface area (Å²) in [5.74, 6) is -1.29. The van der Waals surface area contributed by atoms with E-state index in [2.05, 4.69) is 15.5 Å². The average molecular weight is 351 g/mol. The van der Waals surface area contributed by atoms with Crippen molar-refractivity contribution in [2.75, 3.05) is 5.32 Å². The summed E-state index contributed by atoms with van der Waals surface area (Å²) in [6, 6.07) is 9.62. The first-order chi connectivity index (χ1) is 12.3. The normalized spacial score (nSPS) is 10.8. The number of aromatic nitrogens is 4. The Hall–Kier alpha value is -3.22. The number of ketones is 1. The van der Waals surface area contributed by atoms with E-state index in [4.69, 9.17) is 0 Å². The van der Waals surface area contributed by atoms with Gasteiger partial charge in [-0.05, 0) is 39.8 Å². The van der Waals surface area contributed by atoms with Crippen molar-refractivity contribution in [1.29, 1.82) is 0 Å². The molecular formula is C19H21N5O2. The molecule has 26 heavy (non-hydrogen) atoms. The van der Waals surface area contributed by atoms with Crippen molar-refractivity contribution in [2.45, 2.75) is 27.7 Å². The predicted octanol–water partition coefficient (Wildman–Crippen LogP) is 2.66. The maximum absolute atomic E-state index is 12.6. The van der Waals surface area contributed by atoms with E-state index in [9.17, 15) is 9.59 Å². The van der Waals surface area contributed by atoms with E-state index in [1.165, 1.54) is 0 Å². The highest BCUT2D eigenvalue weighted by Gasteiger charge is 2.25. The van der Waals surface area contributed by atoms with Crippen molar-refractivity contribution < 1.29 is 9.59 Å². The van der Waals surface area contributed by atoms with Crippen molar-refractivity contribution in [3.8, 4) is 5.69 Å². The van der Waals surface area contributed by atoms with Crippen LogP contribution in [0.5, 0.6) is 0 Å². The molecule has 0 fully saturated rings. The first-order valence-electron chi connectivity index (χ1n) is 8.28. The van der Waals surface area contributed by atoms with Gasteiger partial charge >= 0.3 is 0 Å². The van der Waals surface area contributed by atoms with Crippen molar-refractivity contribution in [3.63, 3.8) is 0 Å². The van der Waals surface area contributed by atoms with E-state index in [1.54, 1.807) is 37.2 Å². The maximum Gasteiger partial charge on any atom is 0.297 e. The molecule has 0 aliphatic heterocycles. The molecule has 0 atom stereocenters. The van der Waals surface area contributed by atoms with Crippen LogP contribution in [0.2, 0.25) is 0 Å². The molecule has 2 heterocycles. The molecule has 0 saturated carbocycles. The zero-order chi connectivity index (χ0) is 19.0. The largest absolute Gasteiger partial charge is 0.316 e. The minimum absolute atomic E-state index is 0.343. The second-order valence-corrected chi connectivity index (χ2v) is 6.25. The van der Waals surface area contributed by atoms with Gasteiger partial charge in [-0.15, -0.1) is 0 Å². The molecule has 3 aromatic rings. The van der Waals surface area contributed by atoms with Gasteiger partial charge in [-0.25, -0.2) is 4.68 Å². The molecule has 2 aromatic heterocycles. The number of nitrogens with zero attached hydrogens (tertiary/aromatic N) is 4. The predicted molar refractivity (Wildman–Crippen MR) is 98.7 cm³/mol. The minimum Gasteiger partial charge on any atom is -0.316 e. The van der Waals surface area contributed by atoms with Crippen LogP contribution >= 0.6 is 0 Å². The summed E-state index contributed by atoms with van der Waals surface area (Å²) in [6.45, 7) is 7.14. The standard InChI is InChI=1S/C19H21N5O2/c1-11-16(13(3)23(5)21-11)18(25)19(26)20-17-12(2)22-24(14(17)4)15-9-7-6-8-10-15/h6-10H,1-5H3,(H,20,26). The summed E-state index contributed by atoms with van der Waals surface area (Å²) in [7, 11) is 1.75. The zero-order valence-electron chi connectivity index (χ0n) is 15.5. The van der Waals surface area contributed by atoms with Crippen LogP contribution in [0, 0.1) is 27.7 Å². The number of hydrogen-bond donors (Lipinski definition) is 1. The van der Waals surface area contributed by atoms with Gasteiger partial charge in [-0.3, -0.25) is 14.3 Å². The first kappa shape index (κ1) is 17.6. The van der Waals surface area contributed by atoms with Gasteiger partial charge in [0.1, 0.15) is 0 Å². The second-order valence-electron chi connectivity index (χ2n) is 6.25. The molecule has 0 saturated heterocycles. The Labute approximate surface area is 151 Å². The highest BCUT2D eigenvalue weighted by Crippen LogP contribution is 2.23. The lowest BCUT2D eigenvalue weighted by atomic mass is 10.1. The molecule has 1 N–H and O–H groups in total. The summed E-state index contributed by atoms with van der Waals surface area (Å²) < 4.78 is 3.34. The second kappa shape index (κ2) is 6.59. The van der Waals surface area contributed by atoms with Gasteiger partial charge in [0.15, 0.2) is 0 Å². The zero-order valence-corrected chi connectivity index (χ0v) is 15.5. The van der Waals surface area contributed by atoms with E-state index in [0.29, 0.717) is 28.3 Å². The quantitative estimate of drug-likeness (QED) is 0.579. The Morgan fingerprint density at radius 1 is 0.923 bits per heavy atom. The highest BCUT2D eigenvalue weighted by atomic mass is 16.2. The number of Topliss-reactive ketones (excluding diaryl/α,β-unsaturated/α-hetero) is 1. The van der Waals surface area contributed by atoms with Crippen LogP contribution in [0.4, 0.5) is 5.69 Å². The molecule has 7 heteroatoms. The highest BCUT2D eigenvalue weighted by molar-refractivity contribution is 6.47. The molecule has 1 aromatic carbocycles. The third kappa shape index (κ3) is 2.92. The summed E-state index contributed by atoms with van der Waals surface area (Å²) >= 11 is 0. The van der Waals surface area contributed by atoms with Crippen LogP contribution < -0.4 is 5.32 Å². The van der Waals surface area contributed by atoms with Gasteiger partial charge in [0.25, 0.3) is 11.7 Å². The molecule has 0 aliphatic rings. The number of anilines is 1. The van der Waals surface area contributed by atoms with Crippen LogP contribution in [0.15, 0.2) is 30.3 Å². The molecule has 0 radical (unpaired) electrons. The van der Waals surface area contributed by atoms with E-state index in [1.807, 2.05) is 37.3 Å². The van der Waals surface area contributed by atoms with Crippen LogP contribution in [0.1, 0.15) is 33.1 Å². The summed E-state index contributed by atoms with van der Waals surface area (Å²) in [4.78, 5) is 25.2. The van der Waals surface area contributed by atoms with Gasteiger partial charge in [0.05, 0.1) is 34.0 Å². The number of benzene rings is 1. The monoisotopic (exact) mass is 351 g/mol. The third-order valence-electron chi connectivity index (χ3n) is 4.47. The van der Waals surface area contributed by atoms with Gasteiger partial charge in [0.2, 0.25) is 0 Å². The Morgan fingerprint density at radius 2 is 1.58 bits per heavy atom. The Kier molecular flexibility index (Phi) is 4.46. The number of rotatable bonds is 4. The molecule has 3 rings (SSSR count). The SMILES string of the molecule is Cc1nn(-c2ccccc2)c(C)c1NC(=O)C(=O)c1c(C)nn(C)c1C. The lowest BCUT2D eigenvalue weighted by Crippen LogP contribution is -2.24. The molecule has 1 amide bonds.